The molecule has 0 radical (unpaired) electrons. The zero-order chi connectivity index (χ0) is 24.0. The standard InChI is InChI=1S/C26H22F2N2O3S/c1-16-6-8-17(9-7-16)24(31)30-12-13-34-26(30)20-14-18(33-2)10-11-23(20)29(25(26)32)15-19-21(27)4-3-5-22(19)28/h3-11,14H,12-13,15H2,1-2H3. The lowest BCUT2D eigenvalue weighted by Gasteiger charge is -2.33. The molecular weight excluding hydrogens is 458 g/mol. The van der Waals surface area contributed by atoms with Crippen LogP contribution in [0, 0.1) is 18.6 Å². The van der Waals surface area contributed by atoms with Crippen LogP contribution in [0.3, 0.4) is 0 Å². The number of nitrogens with zero attached hydrogens (tertiary/aromatic N) is 2. The third kappa shape index (κ3) is 3.36. The van der Waals surface area contributed by atoms with Gasteiger partial charge < -0.3 is 14.5 Å². The number of anilines is 1. The predicted octanol–water partition coefficient (Wildman–Crippen LogP) is 4.87. The van der Waals surface area contributed by atoms with Crippen LogP contribution in [0.5, 0.6) is 5.75 Å². The number of rotatable bonds is 4. The minimum Gasteiger partial charge on any atom is -0.497 e. The first-order chi connectivity index (χ1) is 16.4. The van der Waals surface area contributed by atoms with Crippen molar-refractivity contribution >= 4 is 29.3 Å². The summed E-state index contributed by atoms with van der Waals surface area (Å²) in [5.41, 5.74) is 2.38. The van der Waals surface area contributed by atoms with Gasteiger partial charge in [-0.2, -0.15) is 0 Å². The number of fused-ring (bicyclic) bond motifs is 2. The topological polar surface area (TPSA) is 49.9 Å². The zero-order valence-corrected chi connectivity index (χ0v) is 19.5. The van der Waals surface area contributed by atoms with E-state index in [-0.39, 0.29) is 18.0 Å². The summed E-state index contributed by atoms with van der Waals surface area (Å²) in [7, 11) is 1.52. The van der Waals surface area contributed by atoms with E-state index in [9.17, 15) is 18.4 Å². The highest BCUT2D eigenvalue weighted by Crippen LogP contribution is 2.55. The van der Waals surface area contributed by atoms with E-state index in [1.54, 1.807) is 35.2 Å². The quantitative estimate of drug-likeness (QED) is 0.535. The highest BCUT2D eigenvalue weighted by molar-refractivity contribution is 8.01. The summed E-state index contributed by atoms with van der Waals surface area (Å²) in [6.07, 6.45) is 0. The van der Waals surface area contributed by atoms with E-state index >= 15 is 0 Å². The second-order valence-corrected chi connectivity index (χ2v) is 9.58. The van der Waals surface area contributed by atoms with Crippen molar-refractivity contribution in [2.75, 3.05) is 24.3 Å². The van der Waals surface area contributed by atoms with E-state index in [2.05, 4.69) is 0 Å². The van der Waals surface area contributed by atoms with Crippen LogP contribution in [-0.2, 0) is 16.2 Å². The van der Waals surface area contributed by atoms with Gasteiger partial charge in [0.15, 0.2) is 4.87 Å². The van der Waals surface area contributed by atoms with E-state index in [0.29, 0.717) is 34.9 Å². The Kier molecular flexibility index (Phi) is 5.56. The molecule has 5 nitrogen and oxygen atoms in total. The predicted molar refractivity (Wildman–Crippen MR) is 127 cm³/mol. The average molecular weight is 481 g/mol. The second kappa shape index (κ2) is 8.43. The highest BCUT2D eigenvalue weighted by atomic mass is 32.2. The summed E-state index contributed by atoms with van der Waals surface area (Å²) in [4.78, 5) is 29.2. The molecule has 2 heterocycles. The van der Waals surface area contributed by atoms with Gasteiger partial charge in [0.25, 0.3) is 11.8 Å². The zero-order valence-electron chi connectivity index (χ0n) is 18.7. The smallest absolute Gasteiger partial charge is 0.268 e. The van der Waals surface area contributed by atoms with Gasteiger partial charge in [0.05, 0.1) is 19.3 Å². The molecule has 1 fully saturated rings. The molecule has 0 saturated carbocycles. The molecule has 0 aromatic heterocycles. The maximum atomic E-state index is 14.5. The first-order valence-electron chi connectivity index (χ1n) is 10.8. The van der Waals surface area contributed by atoms with Crippen molar-refractivity contribution in [3.63, 3.8) is 0 Å². The summed E-state index contributed by atoms with van der Waals surface area (Å²) in [6, 6.07) is 15.9. The minimum atomic E-state index is -1.34. The lowest BCUT2D eigenvalue weighted by atomic mass is 10.0. The van der Waals surface area contributed by atoms with Crippen LogP contribution in [0.25, 0.3) is 0 Å². The Morgan fingerprint density at radius 1 is 1.09 bits per heavy atom. The van der Waals surface area contributed by atoms with Crippen molar-refractivity contribution in [2.24, 2.45) is 0 Å². The van der Waals surface area contributed by atoms with Gasteiger partial charge in [0.2, 0.25) is 0 Å². The number of carbonyl (C=O) groups excluding carboxylic acids is 2. The number of hydrogen-bond donors (Lipinski definition) is 0. The molecule has 2 aliphatic rings. The van der Waals surface area contributed by atoms with Crippen LogP contribution in [0.15, 0.2) is 60.7 Å². The first kappa shape index (κ1) is 22.4. The second-order valence-electron chi connectivity index (χ2n) is 8.29. The van der Waals surface area contributed by atoms with Gasteiger partial charge in [-0.15, -0.1) is 11.8 Å². The number of amides is 2. The molecule has 2 aliphatic heterocycles. The third-order valence-electron chi connectivity index (χ3n) is 6.32. The fraction of sp³-hybridized carbons (Fsp3) is 0.231. The van der Waals surface area contributed by atoms with Crippen molar-refractivity contribution in [1.29, 1.82) is 0 Å². The first-order valence-corrected chi connectivity index (χ1v) is 11.8. The van der Waals surface area contributed by atoms with Gasteiger partial charge in [0, 0.05) is 29.0 Å². The molecule has 34 heavy (non-hydrogen) atoms. The molecule has 3 aromatic rings. The number of thioether (sulfide) groups is 1. The number of halogens is 2. The Hall–Kier alpha value is -3.39. The Labute approximate surface area is 200 Å². The molecule has 5 rings (SSSR count). The van der Waals surface area contributed by atoms with E-state index in [1.807, 2.05) is 19.1 Å². The van der Waals surface area contributed by atoms with Crippen LogP contribution in [0.2, 0.25) is 0 Å². The maximum Gasteiger partial charge on any atom is 0.268 e. The number of benzene rings is 3. The van der Waals surface area contributed by atoms with Crippen molar-refractivity contribution in [3.8, 4) is 5.75 Å². The normalized spacial score (nSPS) is 19.1. The SMILES string of the molecule is COc1ccc2c(c1)C1(SCCN1C(=O)c1ccc(C)cc1)C(=O)N2Cc1c(F)cccc1F. The Morgan fingerprint density at radius 2 is 1.79 bits per heavy atom. The van der Waals surface area contributed by atoms with E-state index in [0.717, 1.165) is 5.56 Å². The van der Waals surface area contributed by atoms with Crippen LogP contribution in [0.4, 0.5) is 14.5 Å². The van der Waals surface area contributed by atoms with Gasteiger partial charge in [-0.1, -0.05) is 23.8 Å². The highest BCUT2D eigenvalue weighted by Gasteiger charge is 2.59. The summed E-state index contributed by atoms with van der Waals surface area (Å²) < 4.78 is 34.4. The molecule has 1 spiro atoms. The molecule has 1 unspecified atom stereocenters. The molecule has 3 aromatic carbocycles. The number of carbonyl (C=O) groups is 2. The third-order valence-corrected chi connectivity index (χ3v) is 7.74. The fourth-order valence-corrected chi connectivity index (χ4v) is 6.02. The number of methoxy groups -OCH3 is 1. The Bertz CT molecular complexity index is 1280. The lowest BCUT2D eigenvalue weighted by molar-refractivity contribution is -0.123. The Balaban J connectivity index is 1.63. The van der Waals surface area contributed by atoms with Crippen molar-refractivity contribution in [1.82, 2.24) is 4.90 Å². The molecule has 1 atom stereocenters. The van der Waals surface area contributed by atoms with Crippen molar-refractivity contribution in [3.05, 3.63) is 94.6 Å². The largest absolute Gasteiger partial charge is 0.497 e. The Morgan fingerprint density at radius 3 is 2.47 bits per heavy atom. The molecule has 0 N–H and O–H groups in total. The van der Waals surface area contributed by atoms with Gasteiger partial charge in [-0.05, 0) is 49.4 Å². The van der Waals surface area contributed by atoms with Crippen LogP contribution >= 0.6 is 11.8 Å². The van der Waals surface area contributed by atoms with E-state index < -0.39 is 22.4 Å². The van der Waals surface area contributed by atoms with Crippen molar-refractivity contribution in [2.45, 2.75) is 18.3 Å². The molecule has 0 bridgehead atoms. The van der Waals surface area contributed by atoms with Crippen LogP contribution in [0.1, 0.15) is 27.0 Å². The van der Waals surface area contributed by atoms with Gasteiger partial charge in [-0.25, -0.2) is 8.78 Å². The van der Waals surface area contributed by atoms with Crippen LogP contribution < -0.4 is 9.64 Å². The number of ether oxygens (including phenoxy) is 1. The van der Waals surface area contributed by atoms with Crippen molar-refractivity contribution < 1.29 is 23.1 Å². The summed E-state index contributed by atoms with van der Waals surface area (Å²) in [5.74, 6) is -1.06. The molecule has 174 valence electrons. The summed E-state index contributed by atoms with van der Waals surface area (Å²) in [6.45, 7) is 2.01. The summed E-state index contributed by atoms with van der Waals surface area (Å²) in [5, 5.41) is 0. The summed E-state index contributed by atoms with van der Waals surface area (Å²) >= 11 is 1.35. The van der Waals surface area contributed by atoms with Gasteiger partial charge in [0.1, 0.15) is 17.4 Å². The molecule has 1 saturated heterocycles. The minimum absolute atomic E-state index is 0.200. The maximum absolute atomic E-state index is 14.5. The monoisotopic (exact) mass is 480 g/mol. The number of hydrogen-bond acceptors (Lipinski definition) is 4. The van der Waals surface area contributed by atoms with E-state index in [4.69, 9.17) is 4.74 Å². The fourth-order valence-electron chi connectivity index (χ4n) is 4.57. The molecular formula is C26H22F2N2O3S. The van der Waals surface area contributed by atoms with Gasteiger partial charge >= 0.3 is 0 Å². The van der Waals surface area contributed by atoms with Gasteiger partial charge in [-0.3, -0.25) is 9.59 Å². The molecule has 0 aliphatic carbocycles. The average Bonchev–Trinajstić information content (AvgIpc) is 3.38. The van der Waals surface area contributed by atoms with Crippen LogP contribution in [-0.4, -0.2) is 36.1 Å². The number of aryl methyl sites for hydroxylation is 1. The van der Waals surface area contributed by atoms with E-state index in [1.165, 1.54) is 42.0 Å². The molecule has 2 amide bonds. The lowest BCUT2D eigenvalue weighted by Crippen LogP contribution is -2.50. The molecule has 8 heteroatoms.